The van der Waals surface area contributed by atoms with Crippen LogP contribution >= 0.6 is 0 Å². The Hall–Kier alpha value is -2.61. The average molecular weight is 335 g/mol. The summed E-state index contributed by atoms with van der Waals surface area (Å²) in [6, 6.07) is 6.69. The molecule has 0 saturated heterocycles. The van der Waals surface area contributed by atoms with E-state index in [0.29, 0.717) is 16.3 Å². The van der Waals surface area contributed by atoms with Crippen LogP contribution in [0, 0.1) is 0 Å². The van der Waals surface area contributed by atoms with E-state index in [1.54, 1.807) is 38.4 Å². The molecule has 24 heavy (non-hydrogen) atoms. The normalized spacial score (nSPS) is 14.4. The quantitative estimate of drug-likeness (QED) is 0.521. The molecule has 0 bridgehead atoms. The van der Waals surface area contributed by atoms with Crippen molar-refractivity contribution in [1.29, 1.82) is 0 Å². The molecule has 130 valence electrons. The highest BCUT2D eigenvalue weighted by Crippen LogP contribution is 2.18. The van der Waals surface area contributed by atoms with Crippen molar-refractivity contribution in [2.75, 3.05) is 32.6 Å². The summed E-state index contributed by atoms with van der Waals surface area (Å²) < 4.78 is 5.05. The first-order chi connectivity index (χ1) is 11.5. The van der Waals surface area contributed by atoms with Crippen LogP contribution in [0.4, 0.5) is 10.5 Å². The summed E-state index contributed by atoms with van der Waals surface area (Å²) in [5, 5.41) is 7.68. The van der Waals surface area contributed by atoms with Gasteiger partial charge in [-0.2, -0.15) is 0 Å². The van der Waals surface area contributed by atoms with E-state index in [2.05, 4.69) is 16.0 Å². The highest BCUT2D eigenvalue weighted by atomic mass is 16.5. The topological polar surface area (TPSA) is 101 Å². The van der Waals surface area contributed by atoms with Crippen molar-refractivity contribution in [2.45, 2.75) is 18.9 Å². The third-order valence-corrected chi connectivity index (χ3v) is 3.46. The molecule has 4 N–H and O–H groups in total. The van der Waals surface area contributed by atoms with E-state index in [1.165, 1.54) is 0 Å². The van der Waals surface area contributed by atoms with Gasteiger partial charge in [-0.3, -0.25) is 14.9 Å². The molecule has 8 heteroatoms. The summed E-state index contributed by atoms with van der Waals surface area (Å²) in [4.78, 5) is 35.8. The summed E-state index contributed by atoms with van der Waals surface area (Å²) in [5.41, 5.74) is 0.655. The number of quaternary nitrogens is 1. The van der Waals surface area contributed by atoms with Crippen LogP contribution < -0.4 is 25.6 Å². The van der Waals surface area contributed by atoms with Gasteiger partial charge in [0.05, 0.1) is 14.2 Å². The van der Waals surface area contributed by atoms with Crippen LogP contribution in [0.25, 0.3) is 0 Å². The van der Waals surface area contributed by atoms with E-state index in [-0.39, 0.29) is 25.0 Å². The van der Waals surface area contributed by atoms with Gasteiger partial charge in [-0.15, -0.1) is 0 Å². The SMILES string of the molecule is COc1ccc(NC(=O)C[NH+](C)CC(=O)NC(=O)NC2CC2)cc1. The minimum absolute atomic E-state index is 0.0358. The molecule has 4 amide bonds. The van der Waals surface area contributed by atoms with Gasteiger partial charge in [0, 0.05) is 11.7 Å². The second-order valence-electron chi connectivity index (χ2n) is 5.88. The van der Waals surface area contributed by atoms with Crippen molar-refractivity contribution in [1.82, 2.24) is 10.6 Å². The third-order valence-electron chi connectivity index (χ3n) is 3.46. The summed E-state index contributed by atoms with van der Waals surface area (Å²) in [5.74, 6) is 0.0766. The third kappa shape index (κ3) is 6.25. The summed E-state index contributed by atoms with van der Waals surface area (Å²) in [6.07, 6.45) is 1.91. The Morgan fingerprint density at radius 3 is 2.33 bits per heavy atom. The molecule has 1 unspecified atom stereocenters. The summed E-state index contributed by atoms with van der Waals surface area (Å²) in [7, 11) is 3.29. The van der Waals surface area contributed by atoms with E-state index in [0.717, 1.165) is 12.8 Å². The van der Waals surface area contributed by atoms with Gasteiger partial charge in [-0.25, -0.2) is 4.79 Å². The largest absolute Gasteiger partial charge is 0.497 e. The van der Waals surface area contributed by atoms with E-state index in [4.69, 9.17) is 4.74 Å². The van der Waals surface area contributed by atoms with Crippen LogP contribution in [0.2, 0.25) is 0 Å². The number of urea groups is 1. The monoisotopic (exact) mass is 335 g/mol. The van der Waals surface area contributed by atoms with Crippen molar-refractivity contribution in [2.24, 2.45) is 0 Å². The Morgan fingerprint density at radius 1 is 1.12 bits per heavy atom. The number of imide groups is 1. The average Bonchev–Trinajstić information content (AvgIpc) is 3.31. The molecular weight excluding hydrogens is 312 g/mol. The maximum atomic E-state index is 12.0. The Bertz CT molecular complexity index is 599. The second-order valence-corrected chi connectivity index (χ2v) is 5.88. The number of amides is 4. The summed E-state index contributed by atoms with van der Waals surface area (Å²) >= 11 is 0. The van der Waals surface area contributed by atoms with Gasteiger partial charge in [-0.05, 0) is 37.1 Å². The van der Waals surface area contributed by atoms with Crippen LogP contribution in [0.3, 0.4) is 0 Å². The molecule has 1 saturated carbocycles. The van der Waals surface area contributed by atoms with E-state index < -0.39 is 11.9 Å². The van der Waals surface area contributed by atoms with E-state index in [1.807, 2.05) is 0 Å². The zero-order valence-corrected chi connectivity index (χ0v) is 13.8. The van der Waals surface area contributed by atoms with Gasteiger partial charge >= 0.3 is 6.03 Å². The molecule has 1 aromatic rings. The molecule has 8 nitrogen and oxygen atoms in total. The molecule has 0 aliphatic heterocycles. The number of hydrogen-bond acceptors (Lipinski definition) is 4. The van der Waals surface area contributed by atoms with Crippen LogP contribution in [-0.2, 0) is 9.59 Å². The van der Waals surface area contributed by atoms with Crippen LogP contribution in [0.15, 0.2) is 24.3 Å². The van der Waals surface area contributed by atoms with Crippen LogP contribution in [0.1, 0.15) is 12.8 Å². The molecule has 0 heterocycles. The lowest BCUT2D eigenvalue weighted by atomic mass is 10.3. The zero-order valence-electron chi connectivity index (χ0n) is 13.8. The van der Waals surface area contributed by atoms with Crippen molar-refractivity contribution in [3.8, 4) is 5.75 Å². The van der Waals surface area contributed by atoms with Crippen molar-refractivity contribution < 1.29 is 24.0 Å². The maximum absolute atomic E-state index is 12.0. The summed E-state index contributed by atoms with van der Waals surface area (Å²) in [6.45, 7) is 0.151. The lowest BCUT2D eigenvalue weighted by Crippen LogP contribution is -3.11. The number of hydrogen-bond donors (Lipinski definition) is 4. The van der Waals surface area contributed by atoms with Gasteiger partial charge in [0.1, 0.15) is 5.75 Å². The minimum Gasteiger partial charge on any atom is -0.497 e. The van der Waals surface area contributed by atoms with E-state index >= 15 is 0 Å². The predicted octanol–water partition coefficient (Wildman–Crippen LogP) is -0.863. The van der Waals surface area contributed by atoms with Crippen LogP contribution in [0.5, 0.6) is 5.75 Å². The highest BCUT2D eigenvalue weighted by Gasteiger charge is 2.24. The molecule has 2 rings (SSSR count). The molecule has 1 fully saturated rings. The van der Waals surface area contributed by atoms with Gasteiger partial charge in [0.2, 0.25) is 0 Å². The number of carbonyl (C=O) groups excluding carboxylic acids is 3. The molecule has 0 spiro atoms. The Balaban J connectivity index is 1.69. The minimum atomic E-state index is -0.474. The molecule has 1 aromatic carbocycles. The molecule has 0 aromatic heterocycles. The first-order valence-electron chi connectivity index (χ1n) is 7.82. The number of benzene rings is 1. The predicted molar refractivity (Wildman–Crippen MR) is 87.9 cm³/mol. The Kier molecular flexibility index (Phi) is 6.14. The molecule has 1 atom stereocenters. The fraction of sp³-hybridized carbons (Fsp3) is 0.438. The zero-order chi connectivity index (χ0) is 17.5. The number of likely N-dealkylation sites (N-methyl/N-ethyl adjacent to an activating group) is 1. The first-order valence-corrected chi connectivity index (χ1v) is 7.82. The smallest absolute Gasteiger partial charge is 0.321 e. The second kappa shape index (κ2) is 8.30. The Morgan fingerprint density at radius 2 is 1.75 bits per heavy atom. The van der Waals surface area contributed by atoms with Crippen LogP contribution in [-0.4, -0.2) is 51.1 Å². The molecule has 1 aliphatic rings. The van der Waals surface area contributed by atoms with Crippen molar-refractivity contribution in [3.63, 3.8) is 0 Å². The fourth-order valence-corrected chi connectivity index (χ4v) is 2.11. The number of ether oxygens (including phenoxy) is 1. The van der Waals surface area contributed by atoms with Gasteiger partial charge in [0.25, 0.3) is 11.8 Å². The van der Waals surface area contributed by atoms with Crippen molar-refractivity contribution in [3.05, 3.63) is 24.3 Å². The number of methoxy groups -OCH3 is 1. The number of nitrogens with one attached hydrogen (secondary N) is 4. The maximum Gasteiger partial charge on any atom is 0.321 e. The lowest BCUT2D eigenvalue weighted by Gasteiger charge is -2.13. The van der Waals surface area contributed by atoms with Gasteiger partial charge < -0.3 is 20.3 Å². The fourth-order valence-electron chi connectivity index (χ4n) is 2.11. The number of carbonyl (C=O) groups is 3. The molecule has 1 aliphatic carbocycles. The molecular formula is C16H23N4O4+. The highest BCUT2D eigenvalue weighted by molar-refractivity contribution is 5.95. The number of rotatable bonds is 7. The first kappa shape index (κ1) is 17.7. The Labute approximate surface area is 140 Å². The van der Waals surface area contributed by atoms with Gasteiger partial charge in [0.15, 0.2) is 13.1 Å². The number of anilines is 1. The molecule has 0 radical (unpaired) electrons. The van der Waals surface area contributed by atoms with E-state index in [9.17, 15) is 14.4 Å². The van der Waals surface area contributed by atoms with Gasteiger partial charge in [-0.1, -0.05) is 0 Å². The standard InChI is InChI=1S/C16H22N4O4/c1-20(10-15(22)19-16(23)18-12-3-4-12)9-14(21)17-11-5-7-13(24-2)8-6-11/h5-8,12H,3-4,9-10H2,1-2H3,(H,17,21)(H2,18,19,22,23)/p+1. The van der Waals surface area contributed by atoms with Crippen molar-refractivity contribution >= 4 is 23.5 Å². The lowest BCUT2D eigenvalue weighted by molar-refractivity contribution is -0.862.